The highest BCUT2D eigenvalue weighted by atomic mass is 14.9. The molecule has 1 heteroatoms. The van der Waals surface area contributed by atoms with E-state index in [-0.39, 0.29) is 5.41 Å². The number of hydrogen-bond acceptors (Lipinski definition) is 1. The summed E-state index contributed by atoms with van der Waals surface area (Å²) in [4.78, 5) is 0. The molecular weight excluding hydrogens is 206 g/mol. The summed E-state index contributed by atoms with van der Waals surface area (Å²) in [5, 5.41) is 3.58. The van der Waals surface area contributed by atoms with Crippen LogP contribution in [0.25, 0.3) is 0 Å². The van der Waals surface area contributed by atoms with Gasteiger partial charge in [0.2, 0.25) is 0 Å². The topological polar surface area (TPSA) is 12.0 Å². The van der Waals surface area contributed by atoms with Gasteiger partial charge in [0.15, 0.2) is 0 Å². The Kier molecular flexibility index (Phi) is 2.46. The van der Waals surface area contributed by atoms with Gasteiger partial charge in [0.25, 0.3) is 0 Å². The maximum atomic E-state index is 3.58. The van der Waals surface area contributed by atoms with E-state index in [2.05, 4.69) is 44.3 Å². The van der Waals surface area contributed by atoms with Gasteiger partial charge in [-0.25, -0.2) is 0 Å². The van der Waals surface area contributed by atoms with Crippen molar-refractivity contribution in [1.29, 1.82) is 0 Å². The molecular formula is C16H23N. The molecule has 0 saturated heterocycles. The van der Waals surface area contributed by atoms with Crippen molar-refractivity contribution >= 4 is 5.69 Å². The molecule has 17 heavy (non-hydrogen) atoms. The molecule has 2 aliphatic rings. The quantitative estimate of drug-likeness (QED) is 0.757. The lowest BCUT2D eigenvalue weighted by molar-refractivity contribution is 0.272. The standard InChI is InChI=1S/C16H23N/c1-16(2,3)12-7-8-15-13(9-12)14(10-17-15)11-5-4-6-11/h7-9,11,14,17H,4-6,10H2,1-3H3. The monoisotopic (exact) mass is 229 g/mol. The minimum Gasteiger partial charge on any atom is -0.384 e. The van der Waals surface area contributed by atoms with Crippen molar-refractivity contribution in [3.8, 4) is 0 Å². The van der Waals surface area contributed by atoms with Crippen LogP contribution in [0.3, 0.4) is 0 Å². The Balaban J connectivity index is 1.95. The average Bonchev–Trinajstić information content (AvgIpc) is 2.57. The van der Waals surface area contributed by atoms with Gasteiger partial charge in [-0.3, -0.25) is 0 Å². The van der Waals surface area contributed by atoms with Crippen LogP contribution < -0.4 is 5.32 Å². The molecule has 1 atom stereocenters. The summed E-state index contributed by atoms with van der Waals surface area (Å²) in [5.74, 6) is 1.72. The highest BCUT2D eigenvalue weighted by Gasteiger charge is 2.33. The van der Waals surface area contributed by atoms with Crippen LogP contribution in [0, 0.1) is 5.92 Å². The Morgan fingerprint density at radius 1 is 1.18 bits per heavy atom. The Morgan fingerprint density at radius 2 is 1.94 bits per heavy atom. The molecule has 1 unspecified atom stereocenters. The van der Waals surface area contributed by atoms with Crippen LogP contribution in [-0.4, -0.2) is 6.54 Å². The molecule has 1 heterocycles. The van der Waals surface area contributed by atoms with E-state index < -0.39 is 0 Å². The molecule has 0 radical (unpaired) electrons. The third-order valence-corrected chi connectivity index (χ3v) is 4.55. The van der Waals surface area contributed by atoms with E-state index in [4.69, 9.17) is 0 Å². The van der Waals surface area contributed by atoms with Crippen molar-refractivity contribution in [3.05, 3.63) is 29.3 Å². The van der Waals surface area contributed by atoms with Gasteiger partial charge >= 0.3 is 0 Å². The molecule has 1 saturated carbocycles. The number of anilines is 1. The number of benzene rings is 1. The number of fused-ring (bicyclic) bond motifs is 1. The van der Waals surface area contributed by atoms with Crippen molar-refractivity contribution < 1.29 is 0 Å². The van der Waals surface area contributed by atoms with Crippen molar-refractivity contribution in [2.45, 2.75) is 51.4 Å². The first-order valence-corrected chi connectivity index (χ1v) is 6.94. The van der Waals surface area contributed by atoms with Gasteiger partial charge in [-0.2, -0.15) is 0 Å². The van der Waals surface area contributed by atoms with Gasteiger partial charge in [-0.15, -0.1) is 0 Å². The van der Waals surface area contributed by atoms with Crippen molar-refractivity contribution in [2.24, 2.45) is 5.92 Å². The number of rotatable bonds is 1. The first-order valence-electron chi connectivity index (χ1n) is 6.94. The van der Waals surface area contributed by atoms with Crippen LogP contribution >= 0.6 is 0 Å². The molecule has 1 aliphatic heterocycles. The normalized spacial score (nSPS) is 24.1. The second-order valence-corrected chi connectivity index (χ2v) is 6.73. The number of nitrogens with one attached hydrogen (secondary N) is 1. The van der Waals surface area contributed by atoms with Gasteiger partial charge in [0.1, 0.15) is 0 Å². The van der Waals surface area contributed by atoms with Crippen LogP contribution in [0.4, 0.5) is 5.69 Å². The van der Waals surface area contributed by atoms with Crippen LogP contribution in [0.15, 0.2) is 18.2 Å². The van der Waals surface area contributed by atoms with Gasteiger partial charge in [-0.05, 0) is 41.4 Å². The first kappa shape index (κ1) is 11.1. The number of hydrogen-bond donors (Lipinski definition) is 1. The Morgan fingerprint density at radius 3 is 2.53 bits per heavy atom. The fourth-order valence-electron chi connectivity index (χ4n) is 3.09. The van der Waals surface area contributed by atoms with E-state index in [0.717, 1.165) is 18.4 Å². The zero-order chi connectivity index (χ0) is 12.0. The maximum absolute atomic E-state index is 3.58. The van der Waals surface area contributed by atoms with E-state index in [9.17, 15) is 0 Å². The highest BCUT2D eigenvalue weighted by molar-refractivity contribution is 5.60. The van der Waals surface area contributed by atoms with Gasteiger partial charge in [0.05, 0.1) is 0 Å². The van der Waals surface area contributed by atoms with Crippen molar-refractivity contribution in [1.82, 2.24) is 0 Å². The fourth-order valence-corrected chi connectivity index (χ4v) is 3.09. The van der Waals surface area contributed by atoms with E-state index in [1.807, 2.05) is 0 Å². The Labute approximate surface area is 105 Å². The smallest absolute Gasteiger partial charge is 0.0376 e. The lowest BCUT2D eigenvalue weighted by atomic mass is 9.73. The summed E-state index contributed by atoms with van der Waals surface area (Å²) in [6.45, 7) is 8.06. The van der Waals surface area contributed by atoms with Crippen molar-refractivity contribution in [3.63, 3.8) is 0 Å². The molecule has 1 fully saturated rings. The maximum Gasteiger partial charge on any atom is 0.0376 e. The predicted octanol–water partition coefficient (Wildman–Crippen LogP) is 4.29. The molecule has 1 aromatic rings. The van der Waals surface area contributed by atoms with Gasteiger partial charge < -0.3 is 5.32 Å². The minimum absolute atomic E-state index is 0.266. The summed E-state index contributed by atoms with van der Waals surface area (Å²) >= 11 is 0. The molecule has 92 valence electrons. The van der Waals surface area contributed by atoms with E-state index >= 15 is 0 Å². The zero-order valence-corrected chi connectivity index (χ0v) is 11.2. The van der Waals surface area contributed by atoms with Crippen LogP contribution in [0.1, 0.15) is 57.1 Å². The summed E-state index contributed by atoms with van der Waals surface area (Å²) < 4.78 is 0. The first-order chi connectivity index (χ1) is 8.05. The summed E-state index contributed by atoms with van der Waals surface area (Å²) in [5.41, 5.74) is 4.71. The Hall–Kier alpha value is -0.980. The summed E-state index contributed by atoms with van der Waals surface area (Å²) in [6.07, 6.45) is 4.31. The third kappa shape index (κ3) is 1.86. The lowest BCUT2D eigenvalue weighted by Crippen LogP contribution is -2.22. The van der Waals surface area contributed by atoms with Crippen LogP contribution in [-0.2, 0) is 5.41 Å². The SMILES string of the molecule is CC(C)(C)c1ccc2c(c1)C(C1CCC1)CN2. The molecule has 0 aromatic heterocycles. The van der Waals surface area contributed by atoms with E-state index in [1.54, 1.807) is 5.56 Å². The molecule has 0 bridgehead atoms. The summed E-state index contributed by atoms with van der Waals surface area (Å²) in [7, 11) is 0. The highest BCUT2D eigenvalue weighted by Crippen LogP contribution is 2.45. The molecule has 1 aliphatic carbocycles. The van der Waals surface area contributed by atoms with E-state index in [0.29, 0.717) is 0 Å². The largest absolute Gasteiger partial charge is 0.384 e. The molecule has 3 rings (SSSR count). The average molecular weight is 229 g/mol. The lowest BCUT2D eigenvalue weighted by Gasteiger charge is -2.31. The summed E-state index contributed by atoms with van der Waals surface area (Å²) in [6, 6.07) is 7.03. The van der Waals surface area contributed by atoms with Crippen LogP contribution in [0.2, 0.25) is 0 Å². The third-order valence-electron chi connectivity index (χ3n) is 4.55. The second-order valence-electron chi connectivity index (χ2n) is 6.73. The molecule has 0 spiro atoms. The van der Waals surface area contributed by atoms with Crippen LogP contribution in [0.5, 0.6) is 0 Å². The Bertz CT molecular complexity index is 424. The predicted molar refractivity (Wildman–Crippen MR) is 73.7 cm³/mol. The molecule has 1 aromatic carbocycles. The van der Waals surface area contributed by atoms with E-state index in [1.165, 1.54) is 30.5 Å². The second kappa shape index (κ2) is 3.76. The molecule has 1 N–H and O–H groups in total. The van der Waals surface area contributed by atoms with Gasteiger partial charge in [-0.1, -0.05) is 39.3 Å². The zero-order valence-electron chi connectivity index (χ0n) is 11.2. The molecule has 0 amide bonds. The van der Waals surface area contributed by atoms with Gasteiger partial charge in [0, 0.05) is 18.2 Å². The fraction of sp³-hybridized carbons (Fsp3) is 0.625. The van der Waals surface area contributed by atoms with Crippen molar-refractivity contribution in [2.75, 3.05) is 11.9 Å². The molecule has 1 nitrogen and oxygen atoms in total. The minimum atomic E-state index is 0.266.